The lowest BCUT2D eigenvalue weighted by molar-refractivity contribution is -0.139. The number of nitrogens with zero attached hydrogens (tertiary/aromatic N) is 1. The second kappa shape index (κ2) is 7.88. The molecule has 2 aromatic heterocycles. The first-order valence-electron chi connectivity index (χ1n) is 9.44. The van der Waals surface area contributed by atoms with E-state index in [2.05, 4.69) is 4.98 Å². The summed E-state index contributed by atoms with van der Waals surface area (Å²) in [5, 5.41) is 9.90. The molecule has 164 valence electrons. The van der Waals surface area contributed by atoms with Crippen molar-refractivity contribution in [3.8, 4) is 0 Å². The molecule has 0 aliphatic heterocycles. The number of carboxylic acids is 1. The summed E-state index contributed by atoms with van der Waals surface area (Å²) in [6.45, 7) is 1.38. The Bertz CT molecular complexity index is 1420. The van der Waals surface area contributed by atoms with Crippen molar-refractivity contribution >= 4 is 33.7 Å². The van der Waals surface area contributed by atoms with Gasteiger partial charge in [-0.05, 0) is 30.5 Å². The van der Waals surface area contributed by atoms with E-state index in [0.29, 0.717) is 21.5 Å². The van der Waals surface area contributed by atoms with E-state index in [1.165, 1.54) is 13.0 Å². The van der Waals surface area contributed by atoms with Crippen molar-refractivity contribution in [3.05, 3.63) is 81.5 Å². The number of para-hydroxylation sites is 1. The Morgan fingerprint density at radius 3 is 2.53 bits per heavy atom. The lowest BCUT2D eigenvalue weighted by Gasteiger charge is -2.20. The third-order valence-corrected chi connectivity index (χ3v) is 5.00. The maximum Gasteiger partial charge on any atom is 0.343 e. The van der Waals surface area contributed by atoms with Crippen LogP contribution in [0.15, 0.2) is 47.4 Å². The Kier molecular flexibility index (Phi) is 5.21. The van der Waals surface area contributed by atoms with E-state index >= 15 is 0 Å². The molecule has 4 aromatic rings. The van der Waals surface area contributed by atoms with Crippen LogP contribution in [0.4, 0.5) is 13.2 Å². The molecule has 2 aromatic carbocycles. The number of H-pyrrole nitrogens is 1. The average molecular weight is 444 g/mol. The molecule has 4 rings (SSSR count). The molecule has 1 atom stereocenters. The number of hydrogen-bond donors (Lipinski definition) is 2. The van der Waals surface area contributed by atoms with Crippen LogP contribution in [0, 0.1) is 17.5 Å². The molecule has 0 saturated carbocycles. The van der Waals surface area contributed by atoms with Gasteiger partial charge in [-0.3, -0.25) is 4.79 Å². The number of hydrogen-bond acceptors (Lipinski definition) is 4. The topological polar surface area (TPSA) is 101 Å². The van der Waals surface area contributed by atoms with Crippen LogP contribution in [0.1, 0.15) is 29.0 Å². The number of aromatic nitrogens is 2. The van der Waals surface area contributed by atoms with Crippen molar-refractivity contribution < 1.29 is 32.6 Å². The number of nitrogens with one attached hydrogen (secondary N) is 1. The Labute approximate surface area is 177 Å². The van der Waals surface area contributed by atoms with Gasteiger partial charge in [0.15, 0.2) is 23.5 Å². The SMILES string of the molecule is CCOC(=O)c1cn(C(C(=O)O)c2cc3ccccc3[nH]2)c2c(F)c(F)c(F)cc2c1=O. The van der Waals surface area contributed by atoms with E-state index in [4.69, 9.17) is 4.74 Å². The van der Waals surface area contributed by atoms with Gasteiger partial charge in [0, 0.05) is 11.7 Å². The zero-order chi connectivity index (χ0) is 23.2. The molecule has 0 bridgehead atoms. The average Bonchev–Trinajstić information content (AvgIpc) is 3.17. The molecule has 32 heavy (non-hydrogen) atoms. The van der Waals surface area contributed by atoms with Crippen molar-refractivity contribution in [1.29, 1.82) is 0 Å². The van der Waals surface area contributed by atoms with Crippen LogP contribution in [0.5, 0.6) is 0 Å². The molecule has 10 heteroatoms. The monoisotopic (exact) mass is 444 g/mol. The van der Waals surface area contributed by atoms with Crippen LogP contribution in [0.2, 0.25) is 0 Å². The zero-order valence-corrected chi connectivity index (χ0v) is 16.5. The summed E-state index contributed by atoms with van der Waals surface area (Å²) in [4.78, 5) is 40.2. The van der Waals surface area contributed by atoms with Gasteiger partial charge in [0.2, 0.25) is 5.43 Å². The van der Waals surface area contributed by atoms with Crippen LogP contribution in [0.3, 0.4) is 0 Å². The Hall–Kier alpha value is -4.08. The number of aliphatic carboxylic acids is 1. The molecule has 0 saturated heterocycles. The van der Waals surface area contributed by atoms with E-state index in [9.17, 15) is 32.7 Å². The van der Waals surface area contributed by atoms with E-state index in [-0.39, 0.29) is 12.3 Å². The summed E-state index contributed by atoms with van der Waals surface area (Å²) in [5.41, 5.74) is -1.93. The molecule has 7 nitrogen and oxygen atoms in total. The third kappa shape index (κ3) is 3.29. The molecular weight excluding hydrogens is 429 g/mol. The van der Waals surface area contributed by atoms with Crippen LogP contribution in [0.25, 0.3) is 21.8 Å². The van der Waals surface area contributed by atoms with Crippen molar-refractivity contribution in [2.24, 2.45) is 0 Å². The van der Waals surface area contributed by atoms with Gasteiger partial charge in [-0.25, -0.2) is 22.8 Å². The van der Waals surface area contributed by atoms with Gasteiger partial charge in [0.1, 0.15) is 5.56 Å². The molecule has 0 aliphatic carbocycles. The first kappa shape index (κ1) is 21.2. The van der Waals surface area contributed by atoms with Gasteiger partial charge in [0.05, 0.1) is 23.2 Å². The summed E-state index contributed by atoms with van der Waals surface area (Å²) in [6.07, 6.45) is 0.785. The molecule has 0 amide bonds. The standard InChI is InChI=1S/C22H15F3N2O5/c1-2-32-22(31)12-9-27(18-11(20(12)28)8-13(23)16(24)17(18)25)19(21(29)30)15-7-10-5-3-4-6-14(10)26-15/h3-9,19,26H,2H2,1H3,(H,29,30). The highest BCUT2D eigenvalue weighted by Crippen LogP contribution is 2.29. The fourth-order valence-corrected chi connectivity index (χ4v) is 3.62. The fourth-order valence-electron chi connectivity index (χ4n) is 3.62. The minimum atomic E-state index is -1.88. The number of aromatic amines is 1. The van der Waals surface area contributed by atoms with Gasteiger partial charge >= 0.3 is 11.9 Å². The number of carbonyl (C=O) groups is 2. The van der Waals surface area contributed by atoms with Crippen LogP contribution < -0.4 is 5.43 Å². The lowest BCUT2D eigenvalue weighted by Crippen LogP contribution is -2.27. The minimum absolute atomic E-state index is 0.0580. The Balaban J connectivity index is 2.11. The highest BCUT2D eigenvalue weighted by Gasteiger charge is 2.30. The second-order valence-electron chi connectivity index (χ2n) is 6.93. The number of fused-ring (bicyclic) bond motifs is 2. The van der Waals surface area contributed by atoms with Crippen molar-refractivity contribution in [3.63, 3.8) is 0 Å². The molecule has 0 fully saturated rings. The zero-order valence-electron chi connectivity index (χ0n) is 16.5. The molecular formula is C22H15F3N2O5. The number of carbonyl (C=O) groups excluding carboxylic acids is 1. The van der Waals surface area contributed by atoms with Gasteiger partial charge in [-0.15, -0.1) is 0 Å². The normalized spacial score (nSPS) is 12.2. The minimum Gasteiger partial charge on any atom is -0.479 e. The predicted molar refractivity (Wildman–Crippen MR) is 108 cm³/mol. The number of ether oxygens (including phenoxy) is 1. The van der Waals surface area contributed by atoms with Crippen LogP contribution in [-0.2, 0) is 9.53 Å². The number of pyridine rings is 1. The molecule has 0 radical (unpaired) electrons. The molecule has 2 N–H and O–H groups in total. The van der Waals surface area contributed by atoms with Crippen LogP contribution >= 0.6 is 0 Å². The summed E-state index contributed by atoms with van der Waals surface area (Å²) < 4.78 is 48.4. The van der Waals surface area contributed by atoms with Crippen molar-refractivity contribution in [2.75, 3.05) is 6.61 Å². The Morgan fingerprint density at radius 1 is 1.16 bits per heavy atom. The number of esters is 1. The lowest BCUT2D eigenvalue weighted by atomic mass is 10.1. The summed E-state index contributed by atoms with van der Waals surface area (Å²) >= 11 is 0. The largest absolute Gasteiger partial charge is 0.479 e. The quantitative estimate of drug-likeness (QED) is 0.361. The number of carboxylic acid groups (broad SMARTS) is 1. The van der Waals surface area contributed by atoms with Gasteiger partial charge < -0.3 is 19.4 Å². The summed E-state index contributed by atoms with van der Waals surface area (Å²) in [7, 11) is 0. The first-order chi connectivity index (χ1) is 15.2. The van der Waals surface area contributed by atoms with Crippen molar-refractivity contribution in [1.82, 2.24) is 9.55 Å². The smallest absolute Gasteiger partial charge is 0.343 e. The molecule has 1 unspecified atom stereocenters. The number of rotatable bonds is 5. The number of benzene rings is 2. The highest BCUT2D eigenvalue weighted by molar-refractivity contribution is 5.95. The third-order valence-electron chi connectivity index (χ3n) is 5.00. The summed E-state index contributed by atoms with van der Waals surface area (Å²) in [6, 6.07) is 7.03. The maximum absolute atomic E-state index is 14.8. The van der Waals surface area contributed by atoms with E-state index in [0.717, 1.165) is 6.20 Å². The fraction of sp³-hybridized carbons (Fsp3) is 0.136. The molecule has 2 heterocycles. The highest BCUT2D eigenvalue weighted by atomic mass is 19.2. The second-order valence-corrected chi connectivity index (χ2v) is 6.93. The van der Waals surface area contributed by atoms with E-state index in [1.54, 1.807) is 24.3 Å². The van der Waals surface area contributed by atoms with Gasteiger partial charge in [-0.1, -0.05) is 18.2 Å². The molecule has 0 aliphatic rings. The maximum atomic E-state index is 14.8. The van der Waals surface area contributed by atoms with E-state index in [1.807, 2.05) is 0 Å². The first-order valence-corrected chi connectivity index (χ1v) is 9.44. The van der Waals surface area contributed by atoms with Crippen molar-refractivity contribution in [2.45, 2.75) is 13.0 Å². The summed E-state index contributed by atoms with van der Waals surface area (Å²) in [5.74, 6) is -7.90. The van der Waals surface area contributed by atoms with Gasteiger partial charge in [-0.2, -0.15) is 0 Å². The van der Waals surface area contributed by atoms with Crippen LogP contribution in [-0.4, -0.2) is 33.2 Å². The van der Waals surface area contributed by atoms with E-state index < -0.39 is 57.3 Å². The molecule has 0 spiro atoms. The Morgan fingerprint density at radius 2 is 1.88 bits per heavy atom. The predicted octanol–water partition coefficient (Wildman–Crippen LogP) is 3.75. The van der Waals surface area contributed by atoms with Gasteiger partial charge in [0.25, 0.3) is 0 Å². The number of halogens is 3.